The van der Waals surface area contributed by atoms with E-state index in [1.54, 1.807) is 28.8 Å². The molecule has 0 saturated carbocycles. The van der Waals surface area contributed by atoms with Gasteiger partial charge in [0.15, 0.2) is 0 Å². The van der Waals surface area contributed by atoms with Gasteiger partial charge in [-0.15, -0.1) is 11.8 Å². The fourth-order valence-electron chi connectivity index (χ4n) is 3.67. The van der Waals surface area contributed by atoms with Gasteiger partial charge in [0, 0.05) is 25.3 Å². The van der Waals surface area contributed by atoms with E-state index in [1.807, 2.05) is 73.7 Å². The lowest BCUT2D eigenvalue weighted by molar-refractivity contribution is -0.139. The van der Waals surface area contributed by atoms with E-state index < -0.39 is 6.04 Å². The van der Waals surface area contributed by atoms with Crippen LogP contribution in [0.15, 0.2) is 78.9 Å². The summed E-state index contributed by atoms with van der Waals surface area (Å²) >= 11 is 13.9. The minimum Gasteiger partial charge on any atom is -0.354 e. The first-order valence-corrected chi connectivity index (χ1v) is 13.6. The van der Waals surface area contributed by atoms with Crippen LogP contribution in [0.25, 0.3) is 0 Å². The summed E-state index contributed by atoms with van der Waals surface area (Å²) in [5.74, 6) is 0.739. The standard InChI is InChI=1S/C28H30Cl2N2O2S/c1-2-15-31-28(34)26(17-21-9-5-3-6-10-21)32(18-23-13-14-24(29)25(30)16-23)27(33)20-35-19-22-11-7-4-8-12-22/h3-14,16,26H,2,15,17-20H2,1H3,(H,31,34). The first-order chi connectivity index (χ1) is 17.0. The largest absolute Gasteiger partial charge is 0.354 e. The van der Waals surface area contributed by atoms with Crippen molar-refractivity contribution in [3.63, 3.8) is 0 Å². The quantitative estimate of drug-likeness (QED) is 0.296. The van der Waals surface area contributed by atoms with Crippen LogP contribution in [0.5, 0.6) is 0 Å². The third kappa shape index (κ3) is 8.60. The first-order valence-electron chi connectivity index (χ1n) is 11.6. The van der Waals surface area contributed by atoms with E-state index in [2.05, 4.69) is 5.32 Å². The number of carbonyl (C=O) groups is 2. The second-order valence-electron chi connectivity index (χ2n) is 8.25. The molecule has 0 aliphatic rings. The Morgan fingerprint density at radius 3 is 2.17 bits per heavy atom. The van der Waals surface area contributed by atoms with Crippen molar-refractivity contribution in [2.75, 3.05) is 12.3 Å². The third-order valence-electron chi connectivity index (χ3n) is 5.49. The second kappa shape index (κ2) is 14.2. The normalized spacial score (nSPS) is 11.6. The van der Waals surface area contributed by atoms with Crippen molar-refractivity contribution in [2.24, 2.45) is 0 Å². The molecule has 0 aromatic heterocycles. The van der Waals surface area contributed by atoms with Gasteiger partial charge in [0.2, 0.25) is 11.8 Å². The van der Waals surface area contributed by atoms with Crippen LogP contribution >= 0.6 is 35.0 Å². The molecule has 0 aliphatic heterocycles. The lowest BCUT2D eigenvalue weighted by Gasteiger charge is -2.31. The van der Waals surface area contributed by atoms with Gasteiger partial charge in [0.05, 0.1) is 15.8 Å². The Kier molecular flexibility index (Phi) is 11.0. The van der Waals surface area contributed by atoms with Crippen molar-refractivity contribution in [3.05, 3.63) is 106 Å². The summed E-state index contributed by atoms with van der Waals surface area (Å²) in [6.45, 7) is 2.83. The van der Waals surface area contributed by atoms with Gasteiger partial charge in [-0.05, 0) is 35.2 Å². The molecular formula is C28H30Cl2N2O2S. The number of thioether (sulfide) groups is 1. The molecule has 0 spiro atoms. The van der Waals surface area contributed by atoms with Gasteiger partial charge < -0.3 is 10.2 Å². The molecule has 3 rings (SSSR count). The van der Waals surface area contributed by atoms with Gasteiger partial charge in [0.1, 0.15) is 6.04 Å². The van der Waals surface area contributed by atoms with Gasteiger partial charge in [-0.1, -0.05) is 96.9 Å². The van der Waals surface area contributed by atoms with Crippen LogP contribution in [-0.4, -0.2) is 35.1 Å². The lowest BCUT2D eigenvalue weighted by atomic mass is 10.0. The van der Waals surface area contributed by atoms with E-state index >= 15 is 0 Å². The Bertz CT molecular complexity index is 1100. The van der Waals surface area contributed by atoms with E-state index in [0.717, 1.165) is 28.9 Å². The fourth-order valence-corrected chi connectivity index (χ4v) is 4.86. The maximum Gasteiger partial charge on any atom is 0.243 e. The molecule has 35 heavy (non-hydrogen) atoms. The van der Waals surface area contributed by atoms with Gasteiger partial charge in [-0.3, -0.25) is 9.59 Å². The summed E-state index contributed by atoms with van der Waals surface area (Å²) in [6, 6.07) is 24.5. The molecule has 0 bridgehead atoms. The van der Waals surface area contributed by atoms with Gasteiger partial charge in [-0.2, -0.15) is 0 Å². The second-order valence-corrected chi connectivity index (χ2v) is 10.0. The molecule has 7 heteroatoms. The Balaban J connectivity index is 1.85. The molecule has 184 valence electrons. The molecule has 3 aromatic rings. The first kappa shape index (κ1) is 27.1. The number of hydrogen-bond acceptors (Lipinski definition) is 3. The lowest BCUT2D eigenvalue weighted by Crippen LogP contribution is -2.51. The SMILES string of the molecule is CCCNC(=O)C(Cc1ccccc1)N(Cc1ccc(Cl)c(Cl)c1)C(=O)CSCc1ccccc1. The monoisotopic (exact) mass is 528 g/mol. The van der Waals surface area contributed by atoms with Gasteiger partial charge in [-0.25, -0.2) is 0 Å². The average molecular weight is 530 g/mol. The molecule has 0 aliphatic carbocycles. The molecule has 3 aromatic carbocycles. The number of benzene rings is 3. The molecule has 0 heterocycles. The summed E-state index contributed by atoms with van der Waals surface area (Å²) < 4.78 is 0. The number of nitrogens with one attached hydrogen (secondary N) is 1. The molecule has 1 N–H and O–H groups in total. The van der Waals surface area contributed by atoms with Crippen molar-refractivity contribution in [3.8, 4) is 0 Å². The predicted molar refractivity (Wildman–Crippen MR) is 147 cm³/mol. The van der Waals surface area contributed by atoms with Crippen molar-refractivity contribution in [1.82, 2.24) is 10.2 Å². The van der Waals surface area contributed by atoms with Crippen molar-refractivity contribution >= 4 is 46.8 Å². The molecule has 1 unspecified atom stereocenters. The van der Waals surface area contributed by atoms with Crippen LogP contribution in [0.1, 0.15) is 30.0 Å². The zero-order chi connectivity index (χ0) is 25.0. The average Bonchev–Trinajstić information content (AvgIpc) is 2.88. The summed E-state index contributed by atoms with van der Waals surface area (Å²) in [7, 11) is 0. The van der Waals surface area contributed by atoms with Gasteiger partial charge in [0.25, 0.3) is 0 Å². The smallest absolute Gasteiger partial charge is 0.243 e. The highest BCUT2D eigenvalue weighted by atomic mass is 35.5. The van der Waals surface area contributed by atoms with E-state index in [1.165, 1.54) is 0 Å². The van der Waals surface area contributed by atoms with Crippen molar-refractivity contribution < 1.29 is 9.59 Å². The third-order valence-corrected chi connectivity index (χ3v) is 7.22. The number of halogens is 2. The molecule has 0 fully saturated rings. The van der Waals surface area contributed by atoms with E-state index in [0.29, 0.717) is 23.0 Å². The molecular weight excluding hydrogens is 499 g/mol. The fraction of sp³-hybridized carbons (Fsp3) is 0.286. The Labute approximate surface area is 222 Å². The maximum absolute atomic E-state index is 13.6. The van der Waals surface area contributed by atoms with Crippen molar-refractivity contribution in [2.45, 2.75) is 38.1 Å². The number of rotatable bonds is 12. The summed E-state index contributed by atoms with van der Waals surface area (Å²) in [4.78, 5) is 28.5. The number of nitrogens with zero attached hydrogens (tertiary/aromatic N) is 1. The molecule has 2 amide bonds. The van der Waals surface area contributed by atoms with Crippen LogP contribution < -0.4 is 5.32 Å². The van der Waals surface area contributed by atoms with Crippen LogP contribution in [0.4, 0.5) is 0 Å². The van der Waals surface area contributed by atoms with E-state index in [9.17, 15) is 9.59 Å². The highest BCUT2D eigenvalue weighted by molar-refractivity contribution is 7.99. The van der Waals surface area contributed by atoms with Crippen LogP contribution in [0.2, 0.25) is 10.0 Å². The van der Waals surface area contributed by atoms with Crippen molar-refractivity contribution in [1.29, 1.82) is 0 Å². The van der Waals surface area contributed by atoms with E-state index in [-0.39, 0.29) is 24.1 Å². The topological polar surface area (TPSA) is 49.4 Å². The van der Waals surface area contributed by atoms with Crippen LogP contribution in [-0.2, 0) is 28.3 Å². The maximum atomic E-state index is 13.6. The molecule has 0 radical (unpaired) electrons. The van der Waals surface area contributed by atoms with Gasteiger partial charge >= 0.3 is 0 Å². The minimum atomic E-state index is -0.650. The number of amides is 2. The Morgan fingerprint density at radius 1 is 0.886 bits per heavy atom. The Morgan fingerprint density at radius 2 is 1.54 bits per heavy atom. The summed E-state index contributed by atoms with van der Waals surface area (Å²) in [5, 5.41) is 3.86. The zero-order valence-electron chi connectivity index (χ0n) is 19.8. The highest BCUT2D eigenvalue weighted by Gasteiger charge is 2.30. The molecule has 1 atom stereocenters. The van der Waals surface area contributed by atoms with Crippen LogP contribution in [0, 0.1) is 0 Å². The number of hydrogen-bond donors (Lipinski definition) is 1. The number of carbonyl (C=O) groups excluding carboxylic acids is 2. The molecule has 4 nitrogen and oxygen atoms in total. The highest BCUT2D eigenvalue weighted by Crippen LogP contribution is 2.25. The summed E-state index contributed by atoms with van der Waals surface area (Å²) in [5.41, 5.74) is 2.97. The van der Waals surface area contributed by atoms with E-state index in [4.69, 9.17) is 23.2 Å². The Hall–Kier alpha value is -2.47. The van der Waals surface area contributed by atoms with Crippen LogP contribution in [0.3, 0.4) is 0 Å². The predicted octanol–water partition coefficient (Wildman–Crippen LogP) is 6.39. The summed E-state index contributed by atoms with van der Waals surface area (Å²) in [6.07, 6.45) is 1.24. The minimum absolute atomic E-state index is 0.0930. The molecule has 0 saturated heterocycles. The zero-order valence-corrected chi connectivity index (χ0v) is 22.1.